The Hall–Kier alpha value is -2.34. The number of anilines is 1. The number of carbonyl (C=O) groups excluding carboxylic acids is 1. The number of amides is 1. The molecule has 0 fully saturated rings. The van der Waals surface area contributed by atoms with Gasteiger partial charge in [0, 0.05) is 12.6 Å². The van der Waals surface area contributed by atoms with E-state index in [-0.39, 0.29) is 16.7 Å². The maximum absolute atomic E-state index is 12.5. The lowest BCUT2D eigenvalue weighted by Crippen LogP contribution is -2.12. The van der Waals surface area contributed by atoms with Gasteiger partial charge in [-0.2, -0.15) is 8.42 Å². The summed E-state index contributed by atoms with van der Waals surface area (Å²) in [5, 5.41) is 2.55. The van der Waals surface area contributed by atoms with Crippen LogP contribution in [0.5, 0.6) is 5.75 Å². The second-order valence-electron chi connectivity index (χ2n) is 5.44. The van der Waals surface area contributed by atoms with Crippen molar-refractivity contribution in [1.29, 1.82) is 0 Å². The van der Waals surface area contributed by atoms with E-state index in [1.165, 1.54) is 19.1 Å². The molecule has 0 saturated heterocycles. The highest BCUT2D eigenvalue weighted by molar-refractivity contribution is 7.87. The van der Waals surface area contributed by atoms with Crippen LogP contribution >= 0.6 is 0 Å². The number of hydrogen-bond acceptors (Lipinski definition) is 4. The molecule has 0 atom stereocenters. The van der Waals surface area contributed by atoms with Crippen LogP contribution in [-0.4, -0.2) is 14.3 Å². The third kappa shape index (κ3) is 4.32. The normalized spacial score (nSPS) is 11.3. The molecule has 0 aromatic heterocycles. The number of rotatable bonds is 5. The van der Waals surface area contributed by atoms with Crippen molar-refractivity contribution in [2.45, 2.75) is 31.6 Å². The van der Waals surface area contributed by atoms with E-state index in [1.54, 1.807) is 24.3 Å². The van der Waals surface area contributed by atoms with Gasteiger partial charge in [-0.1, -0.05) is 38.1 Å². The SMILES string of the molecule is CC(=O)Nc1cccc(S(=O)(=O)Oc2ccccc2C(C)C)c1. The standard InChI is InChI=1S/C17H19NO4S/c1-12(2)16-9-4-5-10-17(16)22-23(20,21)15-8-6-7-14(11-15)18-13(3)19/h4-12H,1-3H3,(H,18,19). The Morgan fingerprint density at radius 2 is 1.78 bits per heavy atom. The summed E-state index contributed by atoms with van der Waals surface area (Å²) in [6.07, 6.45) is 0. The van der Waals surface area contributed by atoms with Crippen LogP contribution in [0, 0.1) is 0 Å². The predicted molar refractivity (Wildman–Crippen MR) is 89.1 cm³/mol. The summed E-state index contributed by atoms with van der Waals surface area (Å²) in [5.74, 6) is 0.171. The fraction of sp³-hybridized carbons (Fsp3) is 0.235. The van der Waals surface area contributed by atoms with Gasteiger partial charge in [0.2, 0.25) is 5.91 Å². The molecular formula is C17H19NO4S. The van der Waals surface area contributed by atoms with Gasteiger partial charge in [-0.25, -0.2) is 0 Å². The van der Waals surface area contributed by atoms with E-state index in [2.05, 4.69) is 5.32 Å². The Bertz CT molecular complexity index is 813. The van der Waals surface area contributed by atoms with Crippen molar-refractivity contribution < 1.29 is 17.4 Å². The van der Waals surface area contributed by atoms with Crippen LogP contribution in [0.15, 0.2) is 53.4 Å². The fourth-order valence-corrected chi connectivity index (χ4v) is 3.13. The minimum atomic E-state index is -3.98. The lowest BCUT2D eigenvalue weighted by atomic mass is 10.0. The maximum atomic E-state index is 12.5. The Morgan fingerprint density at radius 1 is 1.09 bits per heavy atom. The molecule has 2 aromatic rings. The van der Waals surface area contributed by atoms with Crippen LogP contribution in [0.4, 0.5) is 5.69 Å². The van der Waals surface area contributed by atoms with Gasteiger partial charge in [0.05, 0.1) is 0 Å². The second kappa shape index (κ2) is 6.83. The molecule has 23 heavy (non-hydrogen) atoms. The Labute approximate surface area is 136 Å². The average molecular weight is 333 g/mol. The molecule has 0 aliphatic rings. The molecule has 0 saturated carbocycles. The van der Waals surface area contributed by atoms with Crippen LogP contribution in [0.25, 0.3) is 0 Å². The zero-order chi connectivity index (χ0) is 17.0. The van der Waals surface area contributed by atoms with Crippen molar-refractivity contribution in [3.05, 3.63) is 54.1 Å². The summed E-state index contributed by atoms with van der Waals surface area (Å²) in [7, 11) is -3.98. The van der Waals surface area contributed by atoms with Crippen LogP contribution in [0.3, 0.4) is 0 Å². The summed E-state index contributed by atoms with van der Waals surface area (Å²) >= 11 is 0. The first-order valence-electron chi connectivity index (χ1n) is 7.20. The van der Waals surface area contributed by atoms with Crippen molar-refractivity contribution in [2.24, 2.45) is 0 Å². The molecule has 6 heteroatoms. The van der Waals surface area contributed by atoms with E-state index in [4.69, 9.17) is 4.18 Å². The quantitative estimate of drug-likeness (QED) is 0.850. The molecule has 0 unspecified atom stereocenters. The van der Waals surface area contributed by atoms with Crippen molar-refractivity contribution in [3.8, 4) is 5.75 Å². The fourth-order valence-electron chi connectivity index (χ4n) is 2.13. The minimum absolute atomic E-state index is 0.0118. The smallest absolute Gasteiger partial charge is 0.339 e. The molecule has 0 radical (unpaired) electrons. The Balaban J connectivity index is 2.35. The first kappa shape index (κ1) is 17.0. The van der Waals surface area contributed by atoms with Gasteiger partial charge in [0.15, 0.2) is 0 Å². The highest BCUT2D eigenvalue weighted by atomic mass is 32.2. The van der Waals surface area contributed by atoms with E-state index in [0.717, 1.165) is 5.56 Å². The van der Waals surface area contributed by atoms with Crippen LogP contribution in [0.2, 0.25) is 0 Å². The van der Waals surface area contributed by atoms with Crippen molar-refractivity contribution in [1.82, 2.24) is 0 Å². The predicted octanol–water partition coefficient (Wildman–Crippen LogP) is 3.54. The van der Waals surface area contributed by atoms with Crippen LogP contribution in [0.1, 0.15) is 32.3 Å². The molecule has 2 rings (SSSR count). The molecule has 5 nitrogen and oxygen atoms in total. The summed E-state index contributed by atoms with van der Waals surface area (Å²) in [6, 6.07) is 13.0. The number of para-hydroxylation sites is 1. The van der Waals surface area contributed by atoms with E-state index in [1.807, 2.05) is 26.0 Å². The number of hydrogen-bond donors (Lipinski definition) is 1. The lowest BCUT2D eigenvalue weighted by molar-refractivity contribution is -0.114. The first-order chi connectivity index (χ1) is 10.8. The molecular weight excluding hydrogens is 314 g/mol. The van der Waals surface area contributed by atoms with Gasteiger partial charge < -0.3 is 9.50 Å². The van der Waals surface area contributed by atoms with Crippen LogP contribution in [-0.2, 0) is 14.9 Å². The first-order valence-corrected chi connectivity index (χ1v) is 8.61. The zero-order valence-corrected chi connectivity index (χ0v) is 14.1. The monoisotopic (exact) mass is 333 g/mol. The second-order valence-corrected chi connectivity index (χ2v) is 6.99. The lowest BCUT2D eigenvalue weighted by Gasteiger charge is -2.14. The molecule has 0 aliphatic heterocycles. The zero-order valence-electron chi connectivity index (χ0n) is 13.2. The summed E-state index contributed by atoms with van der Waals surface area (Å²) in [4.78, 5) is 11.1. The molecule has 0 bridgehead atoms. The third-order valence-corrected chi connectivity index (χ3v) is 4.41. The molecule has 1 N–H and O–H groups in total. The van der Waals surface area contributed by atoms with Crippen molar-refractivity contribution in [3.63, 3.8) is 0 Å². The Kier molecular flexibility index (Phi) is 5.05. The number of carbonyl (C=O) groups is 1. The molecule has 0 spiro atoms. The van der Waals surface area contributed by atoms with E-state index in [9.17, 15) is 13.2 Å². The number of benzene rings is 2. The highest BCUT2D eigenvalue weighted by Gasteiger charge is 2.19. The van der Waals surface area contributed by atoms with Gasteiger partial charge in [0.1, 0.15) is 10.6 Å². The van der Waals surface area contributed by atoms with E-state index < -0.39 is 10.1 Å². The van der Waals surface area contributed by atoms with Gasteiger partial charge in [0.25, 0.3) is 0 Å². The summed E-state index contributed by atoms with van der Waals surface area (Å²) < 4.78 is 30.3. The summed E-state index contributed by atoms with van der Waals surface area (Å²) in [6.45, 7) is 5.29. The van der Waals surface area contributed by atoms with E-state index in [0.29, 0.717) is 11.4 Å². The highest BCUT2D eigenvalue weighted by Crippen LogP contribution is 2.29. The molecule has 122 valence electrons. The van der Waals surface area contributed by atoms with Gasteiger partial charge >= 0.3 is 10.1 Å². The van der Waals surface area contributed by atoms with Crippen molar-refractivity contribution in [2.75, 3.05) is 5.32 Å². The average Bonchev–Trinajstić information content (AvgIpc) is 2.46. The van der Waals surface area contributed by atoms with Gasteiger partial charge in [-0.05, 0) is 35.7 Å². The summed E-state index contributed by atoms with van der Waals surface area (Å²) in [5.41, 5.74) is 1.22. The van der Waals surface area contributed by atoms with Gasteiger partial charge in [-0.15, -0.1) is 0 Å². The minimum Gasteiger partial charge on any atom is -0.379 e. The molecule has 0 aliphatic carbocycles. The molecule has 1 amide bonds. The van der Waals surface area contributed by atoms with E-state index >= 15 is 0 Å². The third-order valence-electron chi connectivity index (χ3n) is 3.18. The van der Waals surface area contributed by atoms with Gasteiger partial charge in [-0.3, -0.25) is 4.79 Å². The topological polar surface area (TPSA) is 72.5 Å². The number of nitrogens with one attached hydrogen (secondary N) is 1. The molecule has 2 aromatic carbocycles. The van der Waals surface area contributed by atoms with Crippen molar-refractivity contribution >= 4 is 21.7 Å². The maximum Gasteiger partial charge on any atom is 0.339 e. The largest absolute Gasteiger partial charge is 0.379 e. The molecule has 0 heterocycles. The Morgan fingerprint density at radius 3 is 2.43 bits per heavy atom. The van der Waals surface area contributed by atoms with Crippen LogP contribution < -0.4 is 9.50 Å².